The molecule has 1 amide bonds. The van der Waals surface area contributed by atoms with E-state index < -0.39 is 0 Å². The Labute approximate surface area is 113 Å². The second-order valence-corrected chi connectivity index (χ2v) is 4.83. The van der Waals surface area contributed by atoms with Crippen LogP contribution in [0.2, 0.25) is 0 Å². The molecule has 0 bridgehead atoms. The van der Waals surface area contributed by atoms with Gasteiger partial charge >= 0.3 is 0 Å². The molecule has 0 aliphatic carbocycles. The topological polar surface area (TPSA) is 84.1 Å². The number of hydrogen-bond donors (Lipinski definition) is 2. The third-order valence-electron chi connectivity index (χ3n) is 3.32. The average Bonchev–Trinajstić information content (AvgIpc) is 2.45. The molecule has 0 radical (unpaired) electrons. The number of amides is 1. The van der Waals surface area contributed by atoms with Crippen molar-refractivity contribution < 1.29 is 4.79 Å². The second-order valence-electron chi connectivity index (χ2n) is 4.83. The normalized spacial score (nSPS) is 19.3. The fourth-order valence-electron chi connectivity index (χ4n) is 2.36. The van der Waals surface area contributed by atoms with Gasteiger partial charge in [0.15, 0.2) is 0 Å². The van der Waals surface area contributed by atoms with Crippen LogP contribution in [0.25, 0.3) is 0 Å². The molecule has 1 saturated heterocycles. The van der Waals surface area contributed by atoms with Gasteiger partial charge in [0.05, 0.1) is 5.92 Å². The molecule has 1 aliphatic rings. The van der Waals surface area contributed by atoms with Crippen LogP contribution in [-0.2, 0) is 4.79 Å². The van der Waals surface area contributed by atoms with Crippen LogP contribution in [0.3, 0.4) is 0 Å². The summed E-state index contributed by atoms with van der Waals surface area (Å²) < 4.78 is 0. The lowest BCUT2D eigenvalue weighted by Crippen LogP contribution is -2.44. The zero-order valence-electron chi connectivity index (χ0n) is 11.3. The van der Waals surface area contributed by atoms with Gasteiger partial charge in [0.25, 0.3) is 0 Å². The van der Waals surface area contributed by atoms with Crippen LogP contribution in [-0.4, -0.2) is 42.1 Å². The monoisotopic (exact) mass is 263 g/mol. The van der Waals surface area contributed by atoms with Gasteiger partial charge in [0.2, 0.25) is 5.91 Å². The molecule has 1 fully saturated rings. The zero-order chi connectivity index (χ0) is 13.7. The third-order valence-corrected chi connectivity index (χ3v) is 3.32. The minimum absolute atomic E-state index is 0.0237. The summed E-state index contributed by atoms with van der Waals surface area (Å²) >= 11 is 0. The highest BCUT2D eigenvalue weighted by Gasteiger charge is 2.26. The molecular weight excluding hydrogens is 242 g/mol. The Kier molecular flexibility index (Phi) is 4.68. The number of carbonyl (C=O) groups is 1. The molecule has 2 rings (SSSR count). The number of piperidine rings is 1. The fourth-order valence-corrected chi connectivity index (χ4v) is 2.36. The van der Waals surface area contributed by atoms with Gasteiger partial charge in [-0.25, -0.2) is 9.97 Å². The number of aryl methyl sites for hydroxylation is 1. The van der Waals surface area contributed by atoms with Crippen LogP contribution in [0.1, 0.15) is 18.7 Å². The van der Waals surface area contributed by atoms with Crippen LogP contribution >= 0.6 is 0 Å². The third kappa shape index (κ3) is 3.64. The Morgan fingerprint density at radius 1 is 1.63 bits per heavy atom. The van der Waals surface area contributed by atoms with Crippen molar-refractivity contribution in [3.8, 4) is 0 Å². The Morgan fingerprint density at radius 3 is 3.21 bits per heavy atom. The van der Waals surface area contributed by atoms with Gasteiger partial charge in [-0.2, -0.15) is 0 Å². The lowest BCUT2D eigenvalue weighted by molar-refractivity contribution is -0.125. The molecule has 2 heterocycles. The largest absolute Gasteiger partial charge is 0.356 e. The minimum Gasteiger partial charge on any atom is -0.356 e. The number of anilines is 1. The Hall–Kier alpha value is -1.69. The van der Waals surface area contributed by atoms with Crippen LogP contribution in [0.15, 0.2) is 12.3 Å². The first kappa shape index (κ1) is 13.7. The SMILES string of the molecule is Cc1nccc(N2CCCC(C(=O)NCCN)C2)n1. The standard InChI is InChI=1S/C13H21N5O/c1-10-15-6-4-12(17-10)18-8-2-3-11(9-18)13(19)16-7-5-14/h4,6,11H,2-3,5,7-9,14H2,1H3,(H,16,19). The lowest BCUT2D eigenvalue weighted by Gasteiger charge is -2.32. The maximum absolute atomic E-state index is 12.0. The Morgan fingerprint density at radius 2 is 2.47 bits per heavy atom. The maximum Gasteiger partial charge on any atom is 0.224 e. The molecule has 104 valence electrons. The molecule has 0 saturated carbocycles. The zero-order valence-corrected chi connectivity index (χ0v) is 11.3. The van der Waals surface area contributed by atoms with Crippen molar-refractivity contribution in [3.63, 3.8) is 0 Å². The predicted molar refractivity (Wildman–Crippen MR) is 73.8 cm³/mol. The Balaban J connectivity index is 1.99. The van der Waals surface area contributed by atoms with Crippen molar-refractivity contribution >= 4 is 11.7 Å². The summed E-state index contributed by atoms with van der Waals surface area (Å²) in [5, 5.41) is 2.86. The van der Waals surface area contributed by atoms with Gasteiger partial charge in [0.1, 0.15) is 11.6 Å². The summed E-state index contributed by atoms with van der Waals surface area (Å²) in [6, 6.07) is 1.90. The predicted octanol–water partition coefficient (Wildman–Crippen LogP) is 0.0763. The number of carbonyl (C=O) groups excluding carboxylic acids is 1. The molecule has 6 heteroatoms. The molecule has 0 spiro atoms. The molecule has 0 aromatic carbocycles. The molecular formula is C13H21N5O. The summed E-state index contributed by atoms with van der Waals surface area (Å²) in [6.07, 6.45) is 3.69. The smallest absolute Gasteiger partial charge is 0.224 e. The highest BCUT2D eigenvalue weighted by atomic mass is 16.1. The summed E-state index contributed by atoms with van der Waals surface area (Å²) in [5.74, 6) is 1.78. The minimum atomic E-state index is 0.0237. The van der Waals surface area contributed by atoms with E-state index in [1.54, 1.807) is 6.20 Å². The summed E-state index contributed by atoms with van der Waals surface area (Å²) in [5.41, 5.74) is 5.40. The van der Waals surface area contributed by atoms with Crippen molar-refractivity contribution in [1.82, 2.24) is 15.3 Å². The molecule has 1 aromatic heterocycles. The van der Waals surface area contributed by atoms with Crippen LogP contribution in [0, 0.1) is 12.8 Å². The molecule has 19 heavy (non-hydrogen) atoms. The average molecular weight is 263 g/mol. The van der Waals surface area contributed by atoms with Gasteiger partial charge in [-0.3, -0.25) is 4.79 Å². The van der Waals surface area contributed by atoms with Gasteiger partial charge in [-0.15, -0.1) is 0 Å². The number of nitrogens with zero attached hydrogens (tertiary/aromatic N) is 3. The Bertz CT molecular complexity index is 437. The van der Waals surface area contributed by atoms with E-state index in [0.717, 1.165) is 31.0 Å². The van der Waals surface area contributed by atoms with Gasteiger partial charge in [0, 0.05) is 32.4 Å². The number of hydrogen-bond acceptors (Lipinski definition) is 5. The number of aromatic nitrogens is 2. The molecule has 1 atom stereocenters. The summed E-state index contributed by atoms with van der Waals surface area (Å²) in [7, 11) is 0. The lowest BCUT2D eigenvalue weighted by atomic mass is 9.97. The van der Waals surface area contributed by atoms with Gasteiger partial charge in [-0.05, 0) is 25.8 Å². The van der Waals surface area contributed by atoms with Gasteiger partial charge < -0.3 is 16.0 Å². The quantitative estimate of drug-likeness (QED) is 0.803. The molecule has 6 nitrogen and oxygen atoms in total. The maximum atomic E-state index is 12.0. The first-order valence-electron chi connectivity index (χ1n) is 6.73. The molecule has 3 N–H and O–H groups in total. The van der Waals surface area contributed by atoms with Crippen molar-refractivity contribution in [2.24, 2.45) is 11.7 Å². The van der Waals surface area contributed by atoms with E-state index in [1.807, 2.05) is 13.0 Å². The summed E-state index contributed by atoms with van der Waals surface area (Å²) in [4.78, 5) is 22.6. The number of nitrogens with one attached hydrogen (secondary N) is 1. The van der Waals surface area contributed by atoms with E-state index in [9.17, 15) is 4.79 Å². The van der Waals surface area contributed by atoms with E-state index in [-0.39, 0.29) is 11.8 Å². The van der Waals surface area contributed by atoms with Crippen molar-refractivity contribution in [2.45, 2.75) is 19.8 Å². The highest BCUT2D eigenvalue weighted by molar-refractivity contribution is 5.79. The van der Waals surface area contributed by atoms with E-state index in [2.05, 4.69) is 20.2 Å². The van der Waals surface area contributed by atoms with Crippen molar-refractivity contribution in [1.29, 1.82) is 0 Å². The highest BCUT2D eigenvalue weighted by Crippen LogP contribution is 2.21. The van der Waals surface area contributed by atoms with Crippen molar-refractivity contribution in [2.75, 3.05) is 31.1 Å². The number of rotatable bonds is 4. The van der Waals surface area contributed by atoms with Gasteiger partial charge in [-0.1, -0.05) is 0 Å². The van der Waals surface area contributed by atoms with E-state index in [1.165, 1.54) is 0 Å². The fraction of sp³-hybridized carbons (Fsp3) is 0.615. The second kappa shape index (κ2) is 6.47. The summed E-state index contributed by atoms with van der Waals surface area (Å²) in [6.45, 7) is 4.55. The van der Waals surface area contributed by atoms with E-state index in [4.69, 9.17) is 5.73 Å². The van der Waals surface area contributed by atoms with Crippen LogP contribution in [0.5, 0.6) is 0 Å². The molecule has 1 unspecified atom stereocenters. The molecule has 1 aliphatic heterocycles. The van der Waals surface area contributed by atoms with E-state index >= 15 is 0 Å². The van der Waals surface area contributed by atoms with Crippen LogP contribution < -0.4 is 16.0 Å². The first-order valence-corrected chi connectivity index (χ1v) is 6.73. The first-order chi connectivity index (χ1) is 9.20. The number of nitrogens with two attached hydrogens (primary N) is 1. The molecule has 1 aromatic rings. The van der Waals surface area contributed by atoms with Crippen molar-refractivity contribution in [3.05, 3.63) is 18.1 Å². The van der Waals surface area contributed by atoms with E-state index in [0.29, 0.717) is 19.6 Å². The van der Waals surface area contributed by atoms with Crippen LogP contribution in [0.4, 0.5) is 5.82 Å².